The van der Waals surface area contributed by atoms with E-state index < -0.39 is 5.60 Å². The molecule has 7 heteroatoms. The van der Waals surface area contributed by atoms with Gasteiger partial charge in [0, 0.05) is 46.9 Å². The highest BCUT2D eigenvalue weighted by molar-refractivity contribution is 5.86. The standard InChI is InChI=1S/C23H26N6O/c1-23(2,30)19-6-3-13(11-25-19)18-12-26-29-21-17(7-8-24-21)20(28-22(18)29)14-9-15-4-5-16(10-14)27-15/h3,6-8,11-12,14-16,24,27,30H,4-5,9-10H2,1-2H3/t14-,15+,16-. The molecule has 6 heterocycles. The molecule has 3 atom stereocenters. The molecule has 2 fully saturated rings. The molecule has 30 heavy (non-hydrogen) atoms. The SMILES string of the molecule is CC(C)(O)c1ccc(-c2cnn3c2nc([C@H]2C[C@H]4CC[C@@H](C2)N4)c2cc[nH]c23)cn1. The Balaban J connectivity index is 1.49. The van der Waals surface area contributed by atoms with Crippen molar-refractivity contribution in [1.29, 1.82) is 0 Å². The van der Waals surface area contributed by atoms with E-state index >= 15 is 0 Å². The monoisotopic (exact) mass is 402 g/mol. The van der Waals surface area contributed by atoms with Gasteiger partial charge < -0.3 is 15.4 Å². The van der Waals surface area contributed by atoms with Crippen LogP contribution in [0.3, 0.4) is 0 Å². The minimum absolute atomic E-state index is 0.463. The average molecular weight is 403 g/mol. The van der Waals surface area contributed by atoms with Crippen LogP contribution in [0.15, 0.2) is 36.8 Å². The lowest BCUT2D eigenvalue weighted by molar-refractivity contribution is 0.0739. The molecular formula is C23H26N6O. The lowest BCUT2D eigenvalue weighted by atomic mass is 9.88. The van der Waals surface area contributed by atoms with Crippen molar-refractivity contribution in [3.63, 3.8) is 0 Å². The third kappa shape index (κ3) is 2.76. The molecule has 2 aliphatic rings. The van der Waals surface area contributed by atoms with Gasteiger partial charge in [0.1, 0.15) is 11.2 Å². The van der Waals surface area contributed by atoms with Crippen molar-refractivity contribution in [2.75, 3.05) is 0 Å². The second-order valence-corrected chi connectivity index (χ2v) is 9.33. The van der Waals surface area contributed by atoms with E-state index in [9.17, 15) is 5.11 Å². The van der Waals surface area contributed by atoms with Crippen LogP contribution in [0.4, 0.5) is 0 Å². The number of nitrogens with one attached hydrogen (secondary N) is 2. The highest BCUT2D eigenvalue weighted by Gasteiger charge is 2.36. The summed E-state index contributed by atoms with van der Waals surface area (Å²) in [4.78, 5) is 13.0. The van der Waals surface area contributed by atoms with Gasteiger partial charge >= 0.3 is 0 Å². The maximum Gasteiger partial charge on any atom is 0.165 e. The van der Waals surface area contributed by atoms with Crippen molar-refractivity contribution in [1.82, 2.24) is 29.9 Å². The van der Waals surface area contributed by atoms with Crippen LogP contribution in [-0.4, -0.2) is 41.8 Å². The second-order valence-electron chi connectivity index (χ2n) is 9.33. The Morgan fingerprint density at radius 2 is 1.90 bits per heavy atom. The quantitative estimate of drug-likeness (QED) is 0.488. The lowest BCUT2D eigenvalue weighted by Crippen LogP contribution is -2.37. The molecule has 0 radical (unpaired) electrons. The van der Waals surface area contributed by atoms with Crippen molar-refractivity contribution < 1.29 is 5.11 Å². The molecule has 0 amide bonds. The van der Waals surface area contributed by atoms with Gasteiger partial charge in [0.25, 0.3) is 0 Å². The maximum atomic E-state index is 10.2. The van der Waals surface area contributed by atoms with E-state index in [0.717, 1.165) is 35.3 Å². The molecule has 7 nitrogen and oxygen atoms in total. The molecule has 2 bridgehead atoms. The summed E-state index contributed by atoms with van der Waals surface area (Å²) in [5.74, 6) is 0.463. The molecule has 6 rings (SSSR count). The van der Waals surface area contributed by atoms with Gasteiger partial charge in [-0.1, -0.05) is 6.07 Å². The van der Waals surface area contributed by atoms with E-state index in [1.165, 1.54) is 23.9 Å². The van der Waals surface area contributed by atoms with Crippen LogP contribution in [0.1, 0.15) is 56.8 Å². The number of H-pyrrole nitrogens is 1. The lowest BCUT2D eigenvalue weighted by Gasteiger charge is -2.29. The largest absolute Gasteiger partial charge is 0.384 e. The number of fused-ring (bicyclic) bond motifs is 5. The number of aromatic nitrogens is 5. The van der Waals surface area contributed by atoms with Crippen LogP contribution >= 0.6 is 0 Å². The first-order chi connectivity index (χ1) is 14.5. The fourth-order valence-corrected chi connectivity index (χ4v) is 5.24. The predicted molar refractivity (Wildman–Crippen MR) is 115 cm³/mol. The van der Waals surface area contributed by atoms with E-state index in [2.05, 4.69) is 26.4 Å². The van der Waals surface area contributed by atoms with Crippen molar-refractivity contribution in [3.8, 4) is 11.1 Å². The highest BCUT2D eigenvalue weighted by atomic mass is 16.3. The number of hydrogen-bond donors (Lipinski definition) is 3. The Morgan fingerprint density at radius 1 is 1.10 bits per heavy atom. The van der Waals surface area contributed by atoms with Crippen molar-refractivity contribution in [2.45, 2.75) is 63.1 Å². The topological polar surface area (TPSA) is 91.1 Å². The normalized spacial score (nSPS) is 24.2. The number of rotatable bonds is 3. The molecule has 3 N–H and O–H groups in total. The molecule has 2 aliphatic heterocycles. The number of nitrogens with zero attached hydrogens (tertiary/aromatic N) is 4. The number of pyridine rings is 1. The third-order valence-corrected chi connectivity index (χ3v) is 6.74. The molecule has 2 saturated heterocycles. The predicted octanol–water partition coefficient (Wildman–Crippen LogP) is 3.50. The zero-order chi connectivity index (χ0) is 20.5. The Bertz CT molecular complexity index is 1220. The van der Waals surface area contributed by atoms with E-state index in [-0.39, 0.29) is 0 Å². The molecule has 154 valence electrons. The molecule has 0 aromatic carbocycles. The first-order valence-corrected chi connectivity index (χ1v) is 10.8. The molecule has 4 aromatic rings. The van der Waals surface area contributed by atoms with Crippen molar-refractivity contribution in [3.05, 3.63) is 48.2 Å². The van der Waals surface area contributed by atoms with Gasteiger partial charge in [-0.3, -0.25) is 4.98 Å². The van der Waals surface area contributed by atoms with Crippen LogP contribution in [0, 0.1) is 0 Å². The van der Waals surface area contributed by atoms with Gasteiger partial charge in [0.05, 0.1) is 17.6 Å². The van der Waals surface area contributed by atoms with E-state index in [1.807, 2.05) is 29.0 Å². The molecule has 0 unspecified atom stereocenters. The summed E-state index contributed by atoms with van der Waals surface area (Å²) < 4.78 is 1.90. The number of aliphatic hydroxyl groups is 1. The number of hydrogen-bond acceptors (Lipinski definition) is 5. The van der Waals surface area contributed by atoms with Crippen LogP contribution in [0.25, 0.3) is 27.8 Å². The summed E-state index contributed by atoms with van der Waals surface area (Å²) in [5, 5.41) is 19.7. The fourth-order valence-electron chi connectivity index (χ4n) is 5.24. The van der Waals surface area contributed by atoms with Crippen LogP contribution in [0.5, 0.6) is 0 Å². The van der Waals surface area contributed by atoms with Crippen LogP contribution < -0.4 is 5.32 Å². The Morgan fingerprint density at radius 3 is 2.60 bits per heavy atom. The molecule has 0 saturated carbocycles. The zero-order valence-corrected chi connectivity index (χ0v) is 17.3. The summed E-state index contributed by atoms with van der Waals surface area (Å²) in [5.41, 5.74) is 4.62. The first kappa shape index (κ1) is 18.0. The summed E-state index contributed by atoms with van der Waals surface area (Å²) in [6.07, 6.45) is 10.5. The van der Waals surface area contributed by atoms with Gasteiger partial charge in [-0.2, -0.15) is 9.61 Å². The Labute approximate surface area is 174 Å². The van der Waals surface area contributed by atoms with Gasteiger partial charge in [-0.25, -0.2) is 4.98 Å². The average Bonchev–Trinajstić information content (AvgIpc) is 3.44. The Hall–Kier alpha value is -2.77. The minimum Gasteiger partial charge on any atom is -0.384 e. The molecule has 0 aliphatic carbocycles. The second kappa shape index (κ2) is 6.36. The maximum absolute atomic E-state index is 10.2. The van der Waals surface area contributed by atoms with Crippen molar-refractivity contribution >= 4 is 16.7 Å². The van der Waals surface area contributed by atoms with E-state index in [1.54, 1.807) is 20.0 Å². The summed E-state index contributed by atoms with van der Waals surface area (Å²) in [6, 6.07) is 7.22. The summed E-state index contributed by atoms with van der Waals surface area (Å²) >= 11 is 0. The first-order valence-electron chi connectivity index (χ1n) is 10.8. The molecular weight excluding hydrogens is 376 g/mol. The zero-order valence-electron chi connectivity index (χ0n) is 17.3. The third-order valence-electron chi connectivity index (χ3n) is 6.74. The van der Waals surface area contributed by atoms with Crippen molar-refractivity contribution in [2.24, 2.45) is 0 Å². The Kier molecular flexibility index (Phi) is 3.82. The summed E-state index contributed by atoms with van der Waals surface area (Å²) in [7, 11) is 0. The fraction of sp³-hybridized carbons (Fsp3) is 0.435. The van der Waals surface area contributed by atoms with E-state index in [0.29, 0.717) is 23.7 Å². The van der Waals surface area contributed by atoms with Gasteiger partial charge in [-0.05, 0) is 51.7 Å². The highest BCUT2D eigenvalue weighted by Crippen LogP contribution is 2.39. The number of aromatic amines is 1. The summed E-state index contributed by atoms with van der Waals surface area (Å²) in [6.45, 7) is 3.48. The van der Waals surface area contributed by atoms with Gasteiger partial charge in [-0.15, -0.1) is 0 Å². The van der Waals surface area contributed by atoms with Crippen LogP contribution in [0.2, 0.25) is 0 Å². The van der Waals surface area contributed by atoms with Gasteiger partial charge in [0.2, 0.25) is 0 Å². The molecule has 4 aromatic heterocycles. The van der Waals surface area contributed by atoms with Gasteiger partial charge in [0.15, 0.2) is 5.65 Å². The number of piperidine rings is 1. The van der Waals surface area contributed by atoms with E-state index in [4.69, 9.17) is 4.98 Å². The minimum atomic E-state index is -0.962. The van der Waals surface area contributed by atoms with Crippen LogP contribution in [-0.2, 0) is 5.60 Å². The molecule has 0 spiro atoms. The smallest absolute Gasteiger partial charge is 0.165 e.